The maximum atomic E-state index is 4.72. The molecule has 1 aliphatic rings. The molecule has 1 aromatic heterocycles. The van der Waals surface area contributed by atoms with Crippen LogP contribution in [-0.2, 0) is 0 Å². The van der Waals surface area contributed by atoms with Gasteiger partial charge in [0.25, 0.3) is 0 Å². The number of rotatable bonds is 3. The summed E-state index contributed by atoms with van der Waals surface area (Å²) in [7, 11) is 2.21. The Morgan fingerprint density at radius 3 is 2.74 bits per heavy atom. The summed E-state index contributed by atoms with van der Waals surface area (Å²) in [5, 5.41) is 0. The first-order chi connectivity index (χ1) is 9.01. The lowest BCUT2D eigenvalue weighted by atomic mass is 10.1. The molecule has 0 radical (unpaired) electrons. The Morgan fingerprint density at radius 2 is 2.11 bits per heavy atom. The van der Waals surface area contributed by atoms with E-state index in [1.807, 2.05) is 6.07 Å². The van der Waals surface area contributed by atoms with Gasteiger partial charge in [0.1, 0.15) is 16.2 Å². The normalized spacial score (nSPS) is 21.2. The number of piperazine rings is 1. The lowest BCUT2D eigenvalue weighted by Gasteiger charge is -2.39. The number of anilines is 1. The zero-order valence-corrected chi connectivity index (χ0v) is 13.8. The third-order valence-corrected chi connectivity index (χ3v) is 4.19. The average Bonchev–Trinajstić information content (AvgIpc) is 2.38. The van der Waals surface area contributed by atoms with E-state index in [0.29, 0.717) is 12.0 Å². The summed E-state index contributed by atoms with van der Waals surface area (Å²) in [6.45, 7) is 9.69. The topological polar surface area (TPSA) is 32.3 Å². The number of halogens is 1. The SMILES string of the molecule is CCC1CN(c2cc(Br)nc(C(C)C)n2)CCN1C. The van der Waals surface area contributed by atoms with Gasteiger partial charge >= 0.3 is 0 Å². The molecule has 19 heavy (non-hydrogen) atoms. The molecule has 1 fully saturated rings. The van der Waals surface area contributed by atoms with E-state index in [4.69, 9.17) is 4.98 Å². The van der Waals surface area contributed by atoms with Gasteiger partial charge in [-0.3, -0.25) is 4.90 Å². The Bertz CT molecular complexity index is 435. The van der Waals surface area contributed by atoms with Crippen molar-refractivity contribution in [2.24, 2.45) is 0 Å². The van der Waals surface area contributed by atoms with Crippen LogP contribution in [0.2, 0.25) is 0 Å². The predicted octanol–water partition coefficient (Wildman–Crippen LogP) is 2.89. The van der Waals surface area contributed by atoms with Gasteiger partial charge in [-0.1, -0.05) is 20.8 Å². The number of aromatic nitrogens is 2. The number of hydrogen-bond donors (Lipinski definition) is 0. The summed E-state index contributed by atoms with van der Waals surface area (Å²) >= 11 is 3.50. The van der Waals surface area contributed by atoms with E-state index in [2.05, 4.69) is 58.5 Å². The first kappa shape index (κ1) is 14.7. The Hall–Kier alpha value is -0.680. The highest BCUT2D eigenvalue weighted by Crippen LogP contribution is 2.23. The quantitative estimate of drug-likeness (QED) is 0.799. The molecule has 1 aliphatic heterocycles. The Morgan fingerprint density at radius 1 is 1.37 bits per heavy atom. The van der Waals surface area contributed by atoms with Crippen LogP contribution in [0.1, 0.15) is 38.9 Å². The minimum atomic E-state index is 0.352. The van der Waals surface area contributed by atoms with Crippen LogP contribution in [0.3, 0.4) is 0 Å². The Labute approximate surface area is 124 Å². The standard InChI is InChI=1S/C14H23BrN4/c1-5-11-9-19(7-6-18(11)4)13-8-12(15)16-14(17-13)10(2)3/h8,10-11H,5-7,9H2,1-4H3. The van der Waals surface area contributed by atoms with Gasteiger partial charge in [-0.05, 0) is 29.4 Å². The smallest absolute Gasteiger partial charge is 0.134 e. The van der Waals surface area contributed by atoms with Crippen LogP contribution in [0.5, 0.6) is 0 Å². The van der Waals surface area contributed by atoms with E-state index < -0.39 is 0 Å². The van der Waals surface area contributed by atoms with Gasteiger partial charge in [0.2, 0.25) is 0 Å². The van der Waals surface area contributed by atoms with Gasteiger partial charge in [0.15, 0.2) is 0 Å². The summed E-state index contributed by atoms with van der Waals surface area (Å²) in [6.07, 6.45) is 1.18. The highest BCUT2D eigenvalue weighted by molar-refractivity contribution is 9.10. The Kier molecular flexibility index (Phi) is 4.79. The number of hydrogen-bond acceptors (Lipinski definition) is 4. The van der Waals surface area contributed by atoms with Gasteiger partial charge in [-0.2, -0.15) is 0 Å². The highest BCUT2D eigenvalue weighted by Gasteiger charge is 2.24. The second-order valence-electron chi connectivity index (χ2n) is 5.55. The summed E-state index contributed by atoms with van der Waals surface area (Å²) in [5.74, 6) is 2.32. The number of likely N-dealkylation sites (N-methyl/N-ethyl adjacent to an activating group) is 1. The second-order valence-corrected chi connectivity index (χ2v) is 6.36. The van der Waals surface area contributed by atoms with Gasteiger partial charge in [-0.15, -0.1) is 0 Å². The molecule has 2 heterocycles. The molecular formula is C14H23BrN4. The maximum Gasteiger partial charge on any atom is 0.134 e. The molecule has 106 valence electrons. The minimum absolute atomic E-state index is 0.352. The lowest BCUT2D eigenvalue weighted by molar-refractivity contribution is 0.213. The van der Waals surface area contributed by atoms with Crippen LogP contribution in [-0.4, -0.2) is 47.6 Å². The van der Waals surface area contributed by atoms with Crippen molar-refractivity contribution in [3.8, 4) is 0 Å². The fourth-order valence-corrected chi connectivity index (χ4v) is 2.82. The van der Waals surface area contributed by atoms with Crippen molar-refractivity contribution < 1.29 is 0 Å². The molecule has 0 aromatic carbocycles. The van der Waals surface area contributed by atoms with Gasteiger partial charge in [0.05, 0.1) is 0 Å². The van der Waals surface area contributed by atoms with Gasteiger partial charge < -0.3 is 4.90 Å². The van der Waals surface area contributed by atoms with Crippen molar-refractivity contribution in [1.29, 1.82) is 0 Å². The van der Waals surface area contributed by atoms with Gasteiger partial charge in [-0.25, -0.2) is 9.97 Å². The van der Waals surface area contributed by atoms with Crippen molar-refractivity contribution in [1.82, 2.24) is 14.9 Å². The predicted molar refractivity (Wildman–Crippen MR) is 82.7 cm³/mol. The van der Waals surface area contributed by atoms with Crippen LogP contribution < -0.4 is 4.90 Å². The molecule has 1 aromatic rings. The average molecular weight is 327 g/mol. The third kappa shape index (κ3) is 3.45. The molecule has 1 unspecified atom stereocenters. The monoisotopic (exact) mass is 326 g/mol. The van der Waals surface area contributed by atoms with Crippen LogP contribution in [0.25, 0.3) is 0 Å². The largest absolute Gasteiger partial charge is 0.354 e. The summed E-state index contributed by atoms with van der Waals surface area (Å²) in [6, 6.07) is 2.65. The first-order valence-electron chi connectivity index (χ1n) is 7.01. The maximum absolute atomic E-state index is 4.72. The van der Waals surface area contributed by atoms with Crippen molar-refractivity contribution >= 4 is 21.7 Å². The molecule has 0 N–H and O–H groups in total. The van der Waals surface area contributed by atoms with Crippen LogP contribution >= 0.6 is 15.9 Å². The molecule has 5 heteroatoms. The van der Waals surface area contributed by atoms with E-state index >= 15 is 0 Å². The third-order valence-electron chi connectivity index (χ3n) is 3.79. The van der Waals surface area contributed by atoms with Crippen LogP contribution in [0, 0.1) is 0 Å². The summed E-state index contributed by atoms with van der Waals surface area (Å²) < 4.78 is 0.883. The minimum Gasteiger partial charge on any atom is -0.354 e. The van der Waals surface area contributed by atoms with Crippen molar-refractivity contribution in [3.05, 3.63) is 16.5 Å². The summed E-state index contributed by atoms with van der Waals surface area (Å²) in [4.78, 5) is 14.0. The fraction of sp³-hybridized carbons (Fsp3) is 0.714. The molecule has 4 nitrogen and oxygen atoms in total. The fourth-order valence-electron chi connectivity index (χ4n) is 2.44. The molecule has 1 saturated heterocycles. The Balaban J connectivity index is 2.22. The molecule has 1 atom stereocenters. The summed E-state index contributed by atoms with van der Waals surface area (Å²) in [5.41, 5.74) is 0. The first-order valence-corrected chi connectivity index (χ1v) is 7.80. The molecule has 2 rings (SSSR count). The van der Waals surface area contributed by atoms with Crippen molar-refractivity contribution in [3.63, 3.8) is 0 Å². The van der Waals surface area contributed by atoms with Crippen molar-refractivity contribution in [2.75, 3.05) is 31.6 Å². The molecular weight excluding hydrogens is 304 g/mol. The van der Waals surface area contributed by atoms with E-state index in [9.17, 15) is 0 Å². The zero-order valence-electron chi connectivity index (χ0n) is 12.2. The molecule has 0 aliphatic carbocycles. The van der Waals surface area contributed by atoms with Crippen LogP contribution in [0.4, 0.5) is 5.82 Å². The highest BCUT2D eigenvalue weighted by atomic mass is 79.9. The van der Waals surface area contributed by atoms with Crippen molar-refractivity contribution in [2.45, 2.75) is 39.2 Å². The number of nitrogens with zero attached hydrogens (tertiary/aromatic N) is 4. The lowest BCUT2D eigenvalue weighted by Crippen LogP contribution is -2.51. The molecule has 0 bridgehead atoms. The second kappa shape index (κ2) is 6.18. The molecule has 0 amide bonds. The van der Waals surface area contributed by atoms with E-state index in [-0.39, 0.29) is 0 Å². The van der Waals surface area contributed by atoms with E-state index in [0.717, 1.165) is 35.9 Å². The van der Waals surface area contributed by atoms with E-state index in [1.165, 1.54) is 6.42 Å². The van der Waals surface area contributed by atoms with Gasteiger partial charge in [0, 0.05) is 37.7 Å². The van der Waals surface area contributed by atoms with Crippen LogP contribution in [0.15, 0.2) is 10.7 Å². The van der Waals surface area contributed by atoms with E-state index in [1.54, 1.807) is 0 Å². The molecule has 0 spiro atoms. The molecule has 0 saturated carbocycles. The zero-order chi connectivity index (χ0) is 14.0.